The number of nitrogens with zero attached hydrogens (tertiary/aromatic N) is 10. The van der Waals surface area contributed by atoms with Gasteiger partial charge >= 0.3 is 33.4 Å². The van der Waals surface area contributed by atoms with Crippen LogP contribution >= 0.6 is 37.2 Å². The van der Waals surface area contributed by atoms with Crippen molar-refractivity contribution >= 4 is 77.8 Å². The molecule has 0 spiro atoms. The first-order valence-corrected chi connectivity index (χ1v) is 25.2. The lowest BCUT2D eigenvalue weighted by atomic mass is 10.1. The van der Waals surface area contributed by atoms with Crippen molar-refractivity contribution < 1.29 is 76.1 Å². The number of aromatic nitrogens is 6. The van der Waals surface area contributed by atoms with Crippen molar-refractivity contribution in [2.75, 3.05) is 37.5 Å². The average molecular weight is 1030 g/mol. The molecule has 4 aromatic rings. The van der Waals surface area contributed by atoms with Crippen LogP contribution in [0.2, 0.25) is 0 Å². The molecule has 0 aliphatic carbocycles. The summed E-state index contributed by atoms with van der Waals surface area (Å²) in [5.74, 6) is -1.41. The van der Waals surface area contributed by atoms with Crippen LogP contribution in [0.25, 0.3) is 21.6 Å². The molecule has 33 heteroatoms. The van der Waals surface area contributed by atoms with Crippen LogP contribution in [0, 0.1) is 0 Å². The third kappa shape index (κ3) is 13.0. The maximum atomic E-state index is 14.3. The number of likely N-dealkylation sites (N-methyl/N-ethyl adjacent to an activating group) is 1. The summed E-state index contributed by atoms with van der Waals surface area (Å²) in [6.07, 6.45) is -11.8. The van der Waals surface area contributed by atoms with E-state index in [9.17, 15) is 48.4 Å². The van der Waals surface area contributed by atoms with Crippen molar-refractivity contribution in [1.29, 1.82) is 0 Å². The second-order valence-electron chi connectivity index (χ2n) is 15.7. The number of nitrogens with two attached hydrogens (primary N) is 2. The highest BCUT2D eigenvalue weighted by Crippen LogP contribution is 2.50. The molecule has 3 aromatic heterocycles. The Morgan fingerprint density at radius 3 is 2.34 bits per heavy atom. The molecule has 10 atom stereocenters. The third-order valence-electron chi connectivity index (χ3n) is 9.78. The zero-order chi connectivity index (χ0) is 49.7. The summed E-state index contributed by atoms with van der Waals surface area (Å²) in [6.45, 7) is 3.36. The van der Waals surface area contributed by atoms with E-state index in [0.717, 1.165) is 22.0 Å². The maximum Gasteiger partial charge on any atom is 0.472 e. The third-order valence-corrected chi connectivity index (χ3v) is 14.6. The Hall–Kier alpha value is -4.94. The number of aliphatic hydroxyl groups excluding tert-OH is 2. The minimum absolute atomic E-state index is 0.0329. The summed E-state index contributed by atoms with van der Waals surface area (Å²) in [5.41, 5.74) is 20.2. The van der Waals surface area contributed by atoms with Crippen LogP contribution in [0.5, 0.6) is 0 Å². The standard InChI is InChI=1S/C35H46N12O17P2S2/c1-35(2,3)68-67-14-19(45(4)34(52)58-11-17-7-5-6-8-18(17)43-44-38)32(50)63-26-20(61-31(24(26)48)47-16-41-23-28(37)39-15-40-29(23)47)13-60-66(56,57)64-27-21(12-59-65(53,54)55)62-30(25(27)49)46-10-9-22(36)42-33(46)51/h5-10,15-16,19-21,24-27,30-31,48-49H,11-14H2,1-4H3,(H,56,57)(H2,36,42,51)(H2,37,39,40)(H2,53,54,55)/t19-,20+,21+,24+,25+,26+,27+,30+,31+/m0/s1. The molecule has 2 saturated heterocycles. The molecule has 5 heterocycles. The van der Waals surface area contributed by atoms with Crippen molar-refractivity contribution in [3.05, 3.63) is 75.7 Å². The first-order valence-electron chi connectivity index (χ1n) is 19.8. The normalized spacial score (nSPS) is 24.2. The van der Waals surface area contributed by atoms with Gasteiger partial charge in [-0.2, -0.15) is 4.98 Å². The molecule has 370 valence electrons. The number of hydrogen-bond acceptors (Lipinski definition) is 23. The summed E-state index contributed by atoms with van der Waals surface area (Å²) in [7, 11) is -6.80. The Morgan fingerprint density at radius 2 is 1.66 bits per heavy atom. The smallest absolute Gasteiger partial charge is 0.455 e. The Morgan fingerprint density at radius 1 is 1.00 bits per heavy atom. The highest BCUT2D eigenvalue weighted by molar-refractivity contribution is 8.77. The van der Waals surface area contributed by atoms with E-state index in [1.807, 2.05) is 20.8 Å². The quantitative estimate of drug-likeness (QED) is 0.0176. The van der Waals surface area contributed by atoms with E-state index in [4.69, 9.17) is 45.0 Å². The van der Waals surface area contributed by atoms with Crippen molar-refractivity contribution in [1.82, 2.24) is 34.0 Å². The van der Waals surface area contributed by atoms with Crippen LogP contribution in [0.15, 0.2) is 59.1 Å². The van der Waals surface area contributed by atoms with Crippen LogP contribution in [0.4, 0.5) is 22.1 Å². The van der Waals surface area contributed by atoms with Gasteiger partial charge in [0.25, 0.3) is 0 Å². The number of imidazole rings is 1. The average Bonchev–Trinajstić information content (AvgIpc) is 3.92. The Bertz CT molecular complexity index is 2670. The molecule has 1 aromatic carbocycles. The zero-order valence-electron chi connectivity index (χ0n) is 36.1. The predicted molar refractivity (Wildman–Crippen MR) is 238 cm³/mol. The van der Waals surface area contributed by atoms with Gasteiger partial charge in [-0.15, -0.1) is 0 Å². The van der Waals surface area contributed by atoms with Crippen molar-refractivity contribution in [2.45, 2.75) is 87.2 Å². The number of phosphoric ester groups is 2. The molecular weight excluding hydrogens is 987 g/mol. The summed E-state index contributed by atoms with van der Waals surface area (Å²) in [5, 5.41) is 26.6. The van der Waals surface area contributed by atoms with Crippen LogP contribution in [-0.4, -0.2) is 144 Å². The second kappa shape index (κ2) is 21.8. The Kier molecular flexibility index (Phi) is 16.8. The fraction of sp³-hybridized carbons (Fsp3) is 0.514. The molecule has 0 saturated carbocycles. The van der Waals surface area contributed by atoms with Crippen LogP contribution in [0.1, 0.15) is 38.8 Å². The second-order valence-corrected chi connectivity index (χ2v) is 21.6. The maximum absolute atomic E-state index is 14.3. The molecule has 68 heavy (non-hydrogen) atoms. The molecular formula is C35H46N12O17P2S2. The number of carbonyl (C=O) groups excluding carboxylic acids is 2. The molecule has 2 fully saturated rings. The molecule has 29 nitrogen and oxygen atoms in total. The van der Waals surface area contributed by atoms with Crippen LogP contribution in [0.3, 0.4) is 0 Å². The van der Waals surface area contributed by atoms with E-state index in [2.05, 4.69) is 34.5 Å². The highest BCUT2D eigenvalue weighted by Gasteiger charge is 2.52. The number of hydrogen-bond donors (Lipinski definition) is 7. The SMILES string of the molecule is CN(C(=O)OCc1ccccc1N=[N+]=[N-])[C@@H](CSSC(C)(C)C)C(=O)O[C@H]1[C@@H](O)[C@H](n2cnc3c(N)ncnc32)O[C@@H]1COP(=O)(O)O[C@H]1[C@@H](O)[C@H](n2ccc(N)nc2=O)O[C@@H]1COP(=O)(O)O. The lowest BCUT2D eigenvalue weighted by Gasteiger charge is -2.29. The fourth-order valence-electron chi connectivity index (χ4n) is 6.61. The van der Waals surface area contributed by atoms with E-state index < -0.39 is 102 Å². The number of carbonyl (C=O) groups is 2. The number of azide groups is 1. The first-order chi connectivity index (χ1) is 32.0. The minimum atomic E-state index is -5.47. The van der Waals surface area contributed by atoms with Gasteiger partial charge in [0.15, 0.2) is 30.0 Å². The number of aliphatic hydroxyl groups is 2. The number of esters is 1. The zero-order valence-corrected chi connectivity index (χ0v) is 39.5. The molecule has 0 radical (unpaired) electrons. The van der Waals surface area contributed by atoms with Gasteiger partial charge < -0.3 is 55.3 Å². The van der Waals surface area contributed by atoms with Gasteiger partial charge in [0.05, 0.1) is 19.5 Å². The Labute approximate surface area is 392 Å². The minimum Gasteiger partial charge on any atom is -0.455 e. The summed E-state index contributed by atoms with van der Waals surface area (Å²) < 4.78 is 65.1. The molecule has 1 amide bonds. The van der Waals surface area contributed by atoms with E-state index in [-0.39, 0.29) is 45.6 Å². The molecule has 1 unspecified atom stereocenters. The van der Waals surface area contributed by atoms with Gasteiger partial charge in [-0.1, -0.05) is 71.7 Å². The molecule has 2 aliphatic heterocycles. The predicted octanol–water partition coefficient (Wildman–Crippen LogP) is 2.05. The highest BCUT2D eigenvalue weighted by atomic mass is 33.1. The molecule has 9 N–H and O–H groups in total. The monoisotopic (exact) mass is 1030 g/mol. The molecule has 6 rings (SSSR count). The van der Waals surface area contributed by atoms with E-state index >= 15 is 0 Å². The van der Waals surface area contributed by atoms with Gasteiger partial charge in [-0.25, -0.2) is 38.5 Å². The van der Waals surface area contributed by atoms with Gasteiger partial charge in [-0.05, 0) is 17.2 Å². The van der Waals surface area contributed by atoms with Gasteiger partial charge in [-0.3, -0.25) is 27.6 Å². The van der Waals surface area contributed by atoms with E-state index in [1.165, 1.54) is 51.7 Å². The van der Waals surface area contributed by atoms with Crippen molar-refractivity contribution in [3.63, 3.8) is 0 Å². The Balaban J connectivity index is 1.25. The summed E-state index contributed by atoms with van der Waals surface area (Å²) in [4.78, 5) is 89.7. The van der Waals surface area contributed by atoms with Gasteiger partial charge in [0, 0.05) is 34.3 Å². The number of nitrogen functional groups attached to an aromatic ring is 2. The van der Waals surface area contributed by atoms with Crippen LogP contribution in [-0.2, 0) is 53.1 Å². The lowest BCUT2D eigenvalue weighted by Crippen LogP contribution is -2.48. The van der Waals surface area contributed by atoms with Crippen molar-refractivity contribution in [2.24, 2.45) is 5.11 Å². The number of rotatable bonds is 19. The number of phosphoric acid groups is 2. The number of amides is 1. The van der Waals surface area contributed by atoms with Crippen molar-refractivity contribution in [3.8, 4) is 0 Å². The largest absolute Gasteiger partial charge is 0.472 e. The number of ether oxygens (including phenoxy) is 4. The molecule has 0 bridgehead atoms. The van der Waals surface area contributed by atoms with Gasteiger partial charge in [0.1, 0.15) is 60.8 Å². The van der Waals surface area contributed by atoms with E-state index in [1.54, 1.807) is 18.2 Å². The fourth-order valence-corrected chi connectivity index (χ4v) is 10.5. The number of benzene rings is 1. The van der Waals surface area contributed by atoms with Gasteiger partial charge in [0.2, 0.25) is 0 Å². The topological polar surface area (TPSA) is 417 Å². The number of fused-ring (bicyclic) bond motifs is 1. The first kappa shape index (κ1) is 52.4. The lowest BCUT2D eigenvalue weighted by molar-refractivity contribution is -0.161. The van der Waals surface area contributed by atoms with E-state index in [0.29, 0.717) is 5.56 Å². The molecule has 2 aliphatic rings. The summed E-state index contributed by atoms with van der Waals surface area (Å²) in [6, 6.07) is 6.09. The number of anilines is 2. The summed E-state index contributed by atoms with van der Waals surface area (Å²) >= 11 is 0. The van der Waals surface area contributed by atoms with Crippen LogP contribution < -0.4 is 17.2 Å².